The van der Waals surface area contributed by atoms with Crippen molar-refractivity contribution < 1.29 is 54.1 Å². The van der Waals surface area contributed by atoms with Crippen molar-refractivity contribution in [2.75, 3.05) is 13.7 Å². The molecule has 0 unspecified atom stereocenters. The number of fused-ring (bicyclic) bond motifs is 7. The molecule has 0 bridgehead atoms. The molecular weight excluding hydrogens is 694 g/mol. The maximum atomic E-state index is 13.6. The third-order valence-electron chi connectivity index (χ3n) is 16.7. The summed E-state index contributed by atoms with van der Waals surface area (Å²) in [4.78, 5) is 38.8. The van der Waals surface area contributed by atoms with Crippen molar-refractivity contribution in [3.63, 3.8) is 0 Å². The molecule has 6 N–H and O–H groups in total. The van der Waals surface area contributed by atoms with E-state index in [1.54, 1.807) is 0 Å². The number of allylic oxidation sites excluding steroid dienone is 2. The lowest BCUT2D eigenvalue weighted by atomic mass is 9.33. The van der Waals surface area contributed by atoms with Crippen LogP contribution in [0, 0.1) is 50.2 Å². The molecule has 1 amide bonds. The molecule has 1 saturated heterocycles. The highest BCUT2D eigenvalue weighted by atomic mass is 16.7. The first-order valence-electron chi connectivity index (χ1n) is 20.3. The fourth-order valence-electron chi connectivity index (χ4n) is 13.5. The molecule has 5 aliphatic carbocycles. The maximum Gasteiger partial charge on any atom is 0.364 e. The van der Waals surface area contributed by atoms with Crippen molar-refractivity contribution in [2.24, 2.45) is 50.2 Å². The van der Waals surface area contributed by atoms with Crippen molar-refractivity contribution in [1.29, 1.82) is 0 Å². The van der Waals surface area contributed by atoms with E-state index in [0.29, 0.717) is 12.3 Å². The van der Waals surface area contributed by atoms with E-state index in [4.69, 9.17) is 14.2 Å². The van der Waals surface area contributed by atoms with Crippen molar-refractivity contribution in [1.82, 2.24) is 5.32 Å². The van der Waals surface area contributed by atoms with Gasteiger partial charge in [0.1, 0.15) is 18.3 Å². The lowest BCUT2D eigenvalue weighted by Gasteiger charge is -2.71. The molecule has 0 radical (unpaired) electrons. The molecule has 1 aliphatic heterocycles. The van der Waals surface area contributed by atoms with Gasteiger partial charge in [-0.05, 0) is 109 Å². The van der Waals surface area contributed by atoms with Gasteiger partial charge in [0.15, 0.2) is 0 Å². The quantitative estimate of drug-likeness (QED) is 0.116. The first-order valence-corrected chi connectivity index (χ1v) is 20.3. The van der Waals surface area contributed by atoms with Gasteiger partial charge in [-0.25, -0.2) is 4.79 Å². The molecule has 6 aliphatic rings. The monoisotopic (exact) mass is 761 g/mol. The second kappa shape index (κ2) is 13.8. The highest BCUT2D eigenvalue weighted by Gasteiger charge is 2.70. The SMILES string of the molecule is COC(=O)[C@]12CCC(C)(C)C[C@H]1C1=CC[C@@H]3[C@@]4(C)CC[C@H](O[C@@]5(C(=O)O)C[C@H](O)[C@@H](NC(C)=O)[C@H]([C@H](O)[C@H](O)CO)O5)C(C)(C)[C@@H]4CC[C@@]3(C)[C@]1(C)CC2. The van der Waals surface area contributed by atoms with Gasteiger partial charge in [-0.2, -0.15) is 0 Å². The van der Waals surface area contributed by atoms with Crippen LogP contribution in [-0.4, -0.2) is 99.4 Å². The smallest absolute Gasteiger partial charge is 0.364 e. The van der Waals surface area contributed by atoms with Crippen LogP contribution in [0.5, 0.6) is 0 Å². The van der Waals surface area contributed by atoms with Gasteiger partial charge in [0.05, 0.1) is 37.4 Å². The molecule has 0 aromatic heterocycles. The zero-order chi connectivity index (χ0) is 40.0. The molecule has 54 heavy (non-hydrogen) atoms. The number of carbonyl (C=O) groups excluding carboxylic acids is 2. The standard InChI is InChI=1S/C42H67NO11/c1-23(45)43-31-26(46)21-42(34(49)50,54-33(31)32(48)27(47)22-44)53-30-13-14-38(6)28(37(30,4)5)12-15-40(8)29(38)11-10-24-25-20-36(2,3)16-18-41(25,35(51)52-9)19-17-39(24,40)7/h10,25-33,44,46-48H,11-22H2,1-9H3,(H,43,45)(H,49,50)/t25-,26-,27+,28-,29+,30-,31+,32+,33+,38-,39+,40+,41-,42-/m0/s1. The number of methoxy groups -OCH3 is 1. The Hall–Kier alpha value is -2.09. The lowest BCUT2D eigenvalue weighted by molar-refractivity contribution is -0.342. The topological polar surface area (TPSA) is 192 Å². The third-order valence-corrected chi connectivity index (χ3v) is 16.7. The number of aliphatic carboxylic acids is 1. The number of hydrogen-bond acceptors (Lipinski definition) is 10. The molecular formula is C42H67NO11. The summed E-state index contributed by atoms with van der Waals surface area (Å²) in [6.07, 6.45) is 3.50. The molecule has 12 heteroatoms. The molecule has 1 heterocycles. The zero-order valence-corrected chi connectivity index (χ0v) is 33.9. The van der Waals surface area contributed by atoms with Gasteiger partial charge in [-0.15, -0.1) is 0 Å². The van der Waals surface area contributed by atoms with Gasteiger partial charge in [-0.3, -0.25) is 9.59 Å². The first-order chi connectivity index (χ1) is 25.0. The van der Waals surface area contributed by atoms with E-state index in [1.165, 1.54) is 19.6 Å². The van der Waals surface area contributed by atoms with Gasteiger partial charge < -0.3 is 45.1 Å². The van der Waals surface area contributed by atoms with Crippen LogP contribution in [-0.2, 0) is 28.6 Å². The predicted molar refractivity (Wildman–Crippen MR) is 198 cm³/mol. The van der Waals surface area contributed by atoms with Gasteiger partial charge in [0, 0.05) is 13.3 Å². The van der Waals surface area contributed by atoms with Crippen molar-refractivity contribution in [2.45, 2.75) is 168 Å². The Morgan fingerprint density at radius 1 is 0.944 bits per heavy atom. The number of nitrogens with one attached hydrogen (secondary N) is 1. The van der Waals surface area contributed by atoms with Crippen LogP contribution in [0.25, 0.3) is 0 Å². The number of aliphatic hydroxyl groups excluding tert-OH is 4. The molecule has 0 spiro atoms. The molecule has 5 fully saturated rings. The average molecular weight is 762 g/mol. The normalized spacial score (nSPS) is 46.2. The van der Waals surface area contributed by atoms with Crippen LogP contribution in [0.4, 0.5) is 0 Å². The summed E-state index contributed by atoms with van der Waals surface area (Å²) in [7, 11) is 1.53. The molecule has 0 aromatic rings. The molecule has 0 aromatic carbocycles. The highest BCUT2D eigenvalue weighted by molar-refractivity contribution is 5.79. The van der Waals surface area contributed by atoms with E-state index in [9.17, 15) is 39.9 Å². The molecule has 4 saturated carbocycles. The van der Waals surface area contributed by atoms with Crippen molar-refractivity contribution in [3.05, 3.63) is 11.6 Å². The molecule has 6 rings (SSSR count). The van der Waals surface area contributed by atoms with E-state index in [2.05, 4.69) is 59.9 Å². The van der Waals surface area contributed by atoms with E-state index in [-0.39, 0.29) is 39.5 Å². The largest absolute Gasteiger partial charge is 0.477 e. The Morgan fingerprint density at radius 3 is 2.22 bits per heavy atom. The average Bonchev–Trinajstić information content (AvgIpc) is 3.09. The van der Waals surface area contributed by atoms with Gasteiger partial charge >= 0.3 is 11.9 Å². The Labute approximate surface area is 320 Å². The van der Waals surface area contributed by atoms with E-state index in [0.717, 1.165) is 57.8 Å². The fourth-order valence-corrected chi connectivity index (χ4v) is 13.5. The minimum atomic E-state index is -2.38. The minimum absolute atomic E-state index is 0.0233. The highest BCUT2D eigenvalue weighted by Crippen LogP contribution is 2.76. The summed E-state index contributed by atoms with van der Waals surface area (Å²) in [5.41, 5.74) is 0.385. The number of esters is 1. The van der Waals surface area contributed by atoms with Gasteiger partial charge in [-0.1, -0.05) is 60.1 Å². The lowest BCUT2D eigenvalue weighted by Crippen LogP contribution is -2.69. The van der Waals surface area contributed by atoms with Crippen LogP contribution in [0.2, 0.25) is 0 Å². The van der Waals surface area contributed by atoms with E-state index >= 15 is 0 Å². The second-order valence-corrected chi connectivity index (χ2v) is 20.2. The summed E-state index contributed by atoms with van der Waals surface area (Å²) in [6, 6.07) is -1.25. The number of amides is 1. The van der Waals surface area contributed by atoms with Gasteiger partial charge in [0.2, 0.25) is 5.91 Å². The first kappa shape index (κ1) is 41.5. The second-order valence-electron chi connectivity index (χ2n) is 20.2. The molecule has 306 valence electrons. The Kier molecular flexibility index (Phi) is 10.6. The molecule has 14 atom stereocenters. The Balaban J connectivity index is 1.31. The van der Waals surface area contributed by atoms with Crippen molar-refractivity contribution in [3.8, 4) is 0 Å². The fraction of sp³-hybridized carbons (Fsp3) is 0.881. The summed E-state index contributed by atoms with van der Waals surface area (Å²) >= 11 is 0. The van der Waals surface area contributed by atoms with Crippen LogP contribution >= 0.6 is 0 Å². The van der Waals surface area contributed by atoms with Gasteiger partial charge in [0.25, 0.3) is 5.79 Å². The number of carboxylic acids is 1. The summed E-state index contributed by atoms with van der Waals surface area (Å²) in [5.74, 6) is -3.81. The van der Waals surface area contributed by atoms with E-state index in [1.807, 2.05) is 0 Å². The summed E-state index contributed by atoms with van der Waals surface area (Å²) in [5, 5.41) is 55.4. The summed E-state index contributed by atoms with van der Waals surface area (Å²) in [6.45, 7) is 16.7. The third kappa shape index (κ3) is 6.10. The Bertz CT molecular complexity index is 1530. The van der Waals surface area contributed by atoms with Crippen LogP contribution in [0.3, 0.4) is 0 Å². The van der Waals surface area contributed by atoms with E-state index < -0.39 is 78.1 Å². The van der Waals surface area contributed by atoms with Crippen LogP contribution in [0.1, 0.15) is 126 Å². The summed E-state index contributed by atoms with van der Waals surface area (Å²) < 4.78 is 18.2. The maximum absolute atomic E-state index is 13.6. The Morgan fingerprint density at radius 2 is 1.61 bits per heavy atom. The minimum Gasteiger partial charge on any atom is -0.477 e. The number of ether oxygens (including phenoxy) is 3. The number of carboxylic acid groups (broad SMARTS) is 1. The van der Waals surface area contributed by atoms with Crippen LogP contribution in [0.15, 0.2) is 11.6 Å². The molecule has 12 nitrogen and oxygen atoms in total. The van der Waals surface area contributed by atoms with Crippen molar-refractivity contribution >= 4 is 17.8 Å². The number of hydrogen-bond donors (Lipinski definition) is 6. The predicted octanol–water partition coefficient (Wildman–Crippen LogP) is 4.50. The number of carbonyl (C=O) groups is 3. The van der Waals surface area contributed by atoms with Crippen LogP contribution < -0.4 is 5.32 Å². The number of aliphatic hydroxyl groups is 4. The zero-order valence-electron chi connectivity index (χ0n) is 33.9. The number of rotatable bonds is 8.